The molecule has 26 heavy (non-hydrogen) atoms. The number of hydrogen-bond donors (Lipinski definition) is 1. The molecule has 1 aliphatic heterocycles. The maximum Gasteiger partial charge on any atom is 0.227 e. The van der Waals surface area contributed by atoms with Gasteiger partial charge in [0.1, 0.15) is 6.10 Å². The first-order valence-electron chi connectivity index (χ1n) is 8.96. The van der Waals surface area contributed by atoms with Crippen molar-refractivity contribution < 1.29 is 9.53 Å². The van der Waals surface area contributed by atoms with Gasteiger partial charge in [0.25, 0.3) is 0 Å². The summed E-state index contributed by atoms with van der Waals surface area (Å²) in [6, 6.07) is 17.0. The van der Waals surface area contributed by atoms with Gasteiger partial charge in [-0.2, -0.15) is 0 Å². The second kappa shape index (κ2) is 8.21. The number of benzene rings is 2. The molecule has 1 fully saturated rings. The molecule has 2 aromatic rings. The zero-order chi connectivity index (χ0) is 18.7. The van der Waals surface area contributed by atoms with Crippen LogP contribution in [0.25, 0.3) is 0 Å². The van der Waals surface area contributed by atoms with Gasteiger partial charge in [0, 0.05) is 16.6 Å². The van der Waals surface area contributed by atoms with E-state index < -0.39 is 0 Å². The highest BCUT2D eigenvalue weighted by molar-refractivity contribution is 6.31. The van der Waals surface area contributed by atoms with E-state index in [-0.39, 0.29) is 30.0 Å². The lowest BCUT2D eigenvalue weighted by Gasteiger charge is -2.40. The van der Waals surface area contributed by atoms with Crippen LogP contribution >= 0.6 is 11.6 Å². The van der Waals surface area contributed by atoms with Crippen LogP contribution in [0.5, 0.6) is 0 Å². The maximum atomic E-state index is 13.1. The summed E-state index contributed by atoms with van der Waals surface area (Å²) >= 11 is 6.31. The van der Waals surface area contributed by atoms with Crippen LogP contribution in [-0.4, -0.2) is 30.0 Å². The summed E-state index contributed by atoms with van der Waals surface area (Å²) in [6.07, 6.45) is -0.219. The number of nitrogens with two attached hydrogens (primary N) is 1. The van der Waals surface area contributed by atoms with E-state index in [2.05, 4.69) is 0 Å². The van der Waals surface area contributed by atoms with E-state index in [1.54, 1.807) is 0 Å². The Morgan fingerprint density at radius 2 is 1.85 bits per heavy atom. The third kappa shape index (κ3) is 3.93. The van der Waals surface area contributed by atoms with Crippen LogP contribution in [0.2, 0.25) is 5.02 Å². The number of amides is 1. The second-order valence-electron chi connectivity index (χ2n) is 6.91. The van der Waals surface area contributed by atoms with E-state index in [0.29, 0.717) is 18.2 Å². The molecule has 4 atom stereocenters. The molecule has 0 aromatic heterocycles. The molecule has 5 heteroatoms. The molecule has 0 bridgehead atoms. The standard InChI is InChI=1S/C21H25ClN2O2/c1-14-13-26-19(17-10-6-7-11-18(17)22)12-24(14)21(25)15(2)20(23)16-8-4-3-5-9-16/h3-11,14-15,19-20H,12-13,23H2,1-2H3. The molecule has 2 aromatic carbocycles. The Hall–Kier alpha value is -1.88. The van der Waals surface area contributed by atoms with Crippen molar-refractivity contribution in [3.8, 4) is 0 Å². The minimum Gasteiger partial charge on any atom is -0.369 e. The number of hydrogen-bond acceptors (Lipinski definition) is 3. The maximum absolute atomic E-state index is 13.1. The number of carbonyl (C=O) groups excluding carboxylic acids is 1. The van der Waals surface area contributed by atoms with Gasteiger partial charge >= 0.3 is 0 Å². The molecule has 138 valence electrons. The monoisotopic (exact) mass is 372 g/mol. The highest BCUT2D eigenvalue weighted by atomic mass is 35.5. The molecule has 1 heterocycles. The molecular formula is C21H25ClN2O2. The number of morpholine rings is 1. The summed E-state index contributed by atoms with van der Waals surface area (Å²) in [5.41, 5.74) is 8.25. The average Bonchev–Trinajstić information content (AvgIpc) is 2.68. The molecule has 2 N–H and O–H groups in total. The van der Waals surface area contributed by atoms with E-state index in [4.69, 9.17) is 22.1 Å². The minimum atomic E-state index is -0.336. The van der Waals surface area contributed by atoms with Crippen LogP contribution in [-0.2, 0) is 9.53 Å². The third-order valence-corrected chi connectivity index (χ3v) is 5.43. The minimum absolute atomic E-state index is 0.00617. The smallest absolute Gasteiger partial charge is 0.227 e. The molecule has 1 saturated heterocycles. The van der Waals surface area contributed by atoms with Gasteiger partial charge in [-0.3, -0.25) is 4.79 Å². The lowest BCUT2D eigenvalue weighted by Crippen LogP contribution is -2.51. The molecule has 1 amide bonds. The van der Waals surface area contributed by atoms with Gasteiger partial charge in [-0.1, -0.05) is 67.1 Å². The Kier molecular flexibility index (Phi) is 5.97. The summed E-state index contributed by atoms with van der Waals surface area (Å²) < 4.78 is 5.95. The predicted molar refractivity (Wildman–Crippen MR) is 104 cm³/mol. The van der Waals surface area contributed by atoms with Crippen LogP contribution in [0.1, 0.15) is 37.1 Å². The molecule has 4 unspecified atom stereocenters. The van der Waals surface area contributed by atoms with Crippen molar-refractivity contribution in [1.29, 1.82) is 0 Å². The van der Waals surface area contributed by atoms with Crippen molar-refractivity contribution in [1.82, 2.24) is 4.90 Å². The Balaban J connectivity index is 1.76. The fraction of sp³-hybridized carbons (Fsp3) is 0.381. The van der Waals surface area contributed by atoms with Crippen molar-refractivity contribution in [3.05, 3.63) is 70.7 Å². The summed E-state index contributed by atoms with van der Waals surface area (Å²) in [4.78, 5) is 15.0. The molecule has 0 saturated carbocycles. The van der Waals surface area contributed by atoms with Gasteiger partial charge < -0.3 is 15.4 Å². The fourth-order valence-corrected chi connectivity index (χ4v) is 3.62. The molecule has 4 nitrogen and oxygen atoms in total. The van der Waals surface area contributed by atoms with E-state index in [0.717, 1.165) is 11.1 Å². The van der Waals surface area contributed by atoms with Gasteiger partial charge in [-0.25, -0.2) is 0 Å². The molecule has 3 rings (SSSR count). The van der Waals surface area contributed by atoms with Gasteiger partial charge in [0.15, 0.2) is 0 Å². The highest BCUT2D eigenvalue weighted by Gasteiger charge is 2.35. The normalized spacial score (nSPS) is 22.7. The lowest BCUT2D eigenvalue weighted by molar-refractivity contribution is -0.149. The van der Waals surface area contributed by atoms with Crippen LogP contribution in [0.3, 0.4) is 0 Å². The van der Waals surface area contributed by atoms with Crippen LogP contribution in [0.4, 0.5) is 0 Å². The molecule has 0 spiro atoms. The highest BCUT2D eigenvalue weighted by Crippen LogP contribution is 2.31. The first-order chi connectivity index (χ1) is 12.5. The van der Waals surface area contributed by atoms with Crippen molar-refractivity contribution >= 4 is 17.5 Å². The lowest BCUT2D eigenvalue weighted by atomic mass is 9.93. The molecule has 0 aliphatic carbocycles. The first-order valence-corrected chi connectivity index (χ1v) is 9.34. The molecule has 0 radical (unpaired) electrons. The number of carbonyl (C=O) groups is 1. The van der Waals surface area contributed by atoms with Gasteiger partial charge in [-0.05, 0) is 18.6 Å². The van der Waals surface area contributed by atoms with Crippen molar-refractivity contribution in [3.63, 3.8) is 0 Å². The van der Waals surface area contributed by atoms with Crippen molar-refractivity contribution in [2.45, 2.75) is 32.0 Å². The third-order valence-electron chi connectivity index (χ3n) is 5.08. The number of ether oxygens (including phenoxy) is 1. The Morgan fingerprint density at radius 1 is 1.19 bits per heavy atom. The summed E-state index contributed by atoms with van der Waals surface area (Å²) in [6.45, 7) is 4.86. The topological polar surface area (TPSA) is 55.6 Å². The average molecular weight is 373 g/mol. The van der Waals surface area contributed by atoms with Gasteiger partial charge in [-0.15, -0.1) is 0 Å². The Bertz CT molecular complexity index is 753. The van der Waals surface area contributed by atoms with E-state index in [1.165, 1.54) is 0 Å². The summed E-state index contributed by atoms with van der Waals surface area (Å²) in [5.74, 6) is -0.265. The van der Waals surface area contributed by atoms with Crippen LogP contribution in [0.15, 0.2) is 54.6 Å². The van der Waals surface area contributed by atoms with E-state index in [9.17, 15) is 4.79 Å². The quantitative estimate of drug-likeness (QED) is 0.883. The van der Waals surface area contributed by atoms with Gasteiger partial charge in [0.05, 0.1) is 25.1 Å². The number of rotatable bonds is 4. The van der Waals surface area contributed by atoms with Crippen LogP contribution in [0, 0.1) is 5.92 Å². The Morgan fingerprint density at radius 3 is 2.54 bits per heavy atom. The second-order valence-corrected chi connectivity index (χ2v) is 7.32. The number of nitrogens with zero attached hydrogens (tertiary/aromatic N) is 1. The zero-order valence-corrected chi connectivity index (χ0v) is 15.9. The van der Waals surface area contributed by atoms with Gasteiger partial charge in [0.2, 0.25) is 5.91 Å². The number of halogens is 1. The summed E-state index contributed by atoms with van der Waals surface area (Å²) in [7, 11) is 0. The van der Waals surface area contributed by atoms with E-state index >= 15 is 0 Å². The SMILES string of the molecule is CC(C(=O)N1CC(c2ccccc2Cl)OCC1C)C(N)c1ccccc1. The molecule has 1 aliphatic rings. The Labute approximate surface area is 159 Å². The predicted octanol–water partition coefficient (Wildman–Crippen LogP) is 3.96. The van der Waals surface area contributed by atoms with E-state index in [1.807, 2.05) is 73.3 Å². The first kappa shape index (κ1) is 18.9. The van der Waals surface area contributed by atoms with Crippen molar-refractivity contribution in [2.24, 2.45) is 11.7 Å². The largest absolute Gasteiger partial charge is 0.369 e. The zero-order valence-electron chi connectivity index (χ0n) is 15.1. The van der Waals surface area contributed by atoms with Crippen molar-refractivity contribution in [2.75, 3.05) is 13.2 Å². The molecular weight excluding hydrogens is 348 g/mol. The van der Waals surface area contributed by atoms with Crippen LogP contribution < -0.4 is 5.73 Å². The fourth-order valence-electron chi connectivity index (χ4n) is 3.37. The summed E-state index contributed by atoms with van der Waals surface area (Å²) in [5, 5.41) is 0.661.